The summed E-state index contributed by atoms with van der Waals surface area (Å²) in [6.45, 7) is 5.36. The zero-order valence-corrected chi connectivity index (χ0v) is 13.6. The summed E-state index contributed by atoms with van der Waals surface area (Å²) in [5.74, 6) is 0.293. The minimum atomic E-state index is -0.499. The Labute approximate surface area is 138 Å². The third-order valence-electron chi connectivity index (χ3n) is 3.61. The lowest BCUT2D eigenvalue weighted by Gasteiger charge is -2.11. The predicted molar refractivity (Wildman–Crippen MR) is 85.6 cm³/mol. The van der Waals surface area contributed by atoms with Crippen LogP contribution < -0.4 is 4.74 Å². The molecule has 0 fully saturated rings. The number of rotatable bonds is 3. The van der Waals surface area contributed by atoms with E-state index in [0.717, 1.165) is 36.9 Å². The zero-order valence-electron chi connectivity index (χ0n) is 12.1. The van der Waals surface area contributed by atoms with Crippen molar-refractivity contribution in [3.05, 3.63) is 51.7 Å². The number of aromatic nitrogens is 2. The van der Waals surface area contributed by atoms with Gasteiger partial charge in [-0.05, 0) is 38.7 Å². The molecular weight excluding hydrogens is 326 g/mol. The SMILES string of the molecule is C=C(C)Oc1cc(-n2nc3c(c2Cl)CCCC3)c(F)cc1Cl. The molecule has 1 aliphatic carbocycles. The van der Waals surface area contributed by atoms with Gasteiger partial charge in [-0.25, -0.2) is 9.07 Å². The van der Waals surface area contributed by atoms with E-state index >= 15 is 0 Å². The minimum absolute atomic E-state index is 0.178. The highest BCUT2D eigenvalue weighted by Gasteiger charge is 2.22. The normalized spacial score (nSPS) is 13.8. The van der Waals surface area contributed by atoms with Gasteiger partial charge in [0.15, 0.2) is 5.82 Å². The average Bonchev–Trinajstić information content (AvgIpc) is 2.79. The van der Waals surface area contributed by atoms with Gasteiger partial charge in [0.25, 0.3) is 0 Å². The summed E-state index contributed by atoms with van der Waals surface area (Å²) in [6.07, 6.45) is 3.89. The average molecular weight is 341 g/mol. The standard InChI is InChI=1S/C16H15Cl2FN2O/c1-9(2)22-15-8-14(12(19)7-11(15)17)21-16(18)10-5-3-4-6-13(10)20-21/h7-8H,1,3-6H2,2H3. The molecule has 0 saturated heterocycles. The van der Waals surface area contributed by atoms with Crippen LogP contribution in [0.2, 0.25) is 10.2 Å². The summed E-state index contributed by atoms with van der Waals surface area (Å²) in [7, 11) is 0. The molecular formula is C16H15Cl2FN2O. The molecule has 2 aromatic rings. The fraction of sp³-hybridized carbons (Fsp3) is 0.312. The number of ether oxygens (including phenoxy) is 1. The third kappa shape index (κ3) is 2.73. The van der Waals surface area contributed by atoms with Crippen LogP contribution in [0.25, 0.3) is 5.69 Å². The van der Waals surface area contributed by atoms with E-state index in [9.17, 15) is 4.39 Å². The Morgan fingerprint density at radius 1 is 1.32 bits per heavy atom. The van der Waals surface area contributed by atoms with Crippen molar-refractivity contribution in [2.45, 2.75) is 32.6 Å². The van der Waals surface area contributed by atoms with Gasteiger partial charge < -0.3 is 4.74 Å². The van der Waals surface area contributed by atoms with Crippen molar-refractivity contribution >= 4 is 23.2 Å². The first-order valence-corrected chi connectivity index (χ1v) is 7.82. The van der Waals surface area contributed by atoms with Crippen LogP contribution in [-0.2, 0) is 12.8 Å². The molecule has 0 unspecified atom stereocenters. The molecule has 0 radical (unpaired) electrons. The van der Waals surface area contributed by atoms with Crippen molar-refractivity contribution in [2.75, 3.05) is 0 Å². The molecule has 116 valence electrons. The lowest BCUT2D eigenvalue weighted by molar-refractivity contribution is 0.429. The van der Waals surface area contributed by atoms with Crippen LogP contribution in [0.15, 0.2) is 24.5 Å². The Balaban J connectivity index is 2.12. The number of halogens is 3. The Kier molecular flexibility index (Phi) is 4.15. The van der Waals surface area contributed by atoms with Gasteiger partial charge in [0, 0.05) is 11.6 Å². The number of aryl methyl sites for hydroxylation is 1. The maximum Gasteiger partial charge on any atom is 0.150 e. The maximum atomic E-state index is 14.3. The van der Waals surface area contributed by atoms with E-state index in [1.807, 2.05) is 0 Å². The molecule has 0 saturated carbocycles. The van der Waals surface area contributed by atoms with Crippen molar-refractivity contribution < 1.29 is 9.13 Å². The van der Waals surface area contributed by atoms with Gasteiger partial charge in [-0.15, -0.1) is 0 Å². The topological polar surface area (TPSA) is 27.1 Å². The fourth-order valence-corrected chi connectivity index (χ4v) is 3.14. The fourth-order valence-electron chi connectivity index (χ4n) is 2.62. The minimum Gasteiger partial charge on any atom is -0.461 e. The van der Waals surface area contributed by atoms with Gasteiger partial charge in [0.05, 0.1) is 16.5 Å². The van der Waals surface area contributed by atoms with Crippen molar-refractivity contribution in [2.24, 2.45) is 0 Å². The molecule has 1 aromatic carbocycles. The van der Waals surface area contributed by atoms with Crippen LogP contribution in [0, 0.1) is 5.82 Å². The van der Waals surface area contributed by atoms with E-state index in [2.05, 4.69) is 11.7 Å². The molecule has 0 atom stereocenters. The van der Waals surface area contributed by atoms with Gasteiger partial charge >= 0.3 is 0 Å². The maximum absolute atomic E-state index is 14.3. The molecule has 0 N–H and O–H groups in total. The van der Waals surface area contributed by atoms with E-state index in [1.165, 1.54) is 16.8 Å². The van der Waals surface area contributed by atoms with Crippen LogP contribution in [0.4, 0.5) is 4.39 Å². The lowest BCUT2D eigenvalue weighted by atomic mass is 9.99. The summed E-state index contributed by atoms with van der Waals surface area (Å²) in [6, 6.07) is 2.70. The number of allylic oxidation sites excluding steroid dienone is 1. The smallest absolute Gasteiger partial charge is 0.150 e. The molecule has 0 spiro atoms. The van der Waals surface area contributed by atoms with E-state index < -0.39 is 5.82 Å². The highest BCUT2D eigenvalue weighted by Crippen LogP contribution is 2.34. The number of hydrogen-bond donors (Lipinski definition) is 0. The van der Waals surface area contributed by atoms with Gasteiger partial charge in [-0.3, -0.25) is 0 Å². The number of nitrogens with zero attached hydrogens (tertiary/aromatic N) is 2. The van der Waals surface area contributed by atoms with E-state index in [4.69, 9.17) is 27.9 Å². The first-order chi connectivity index (χ1) is 10.5. The molecule has 0 aliphatic heterocycles. The first kappa shape index (κ1) is 15.4. The molecule has 6 heteroatoms. The van der Waals surface area contributed by atoms with Gasteiger partial charge in [-0.2, -0.15) is 5.10 Å². The van der Waals surface area contributed by atoms with E-state index in [-0.39, 0.29) is 10.7 Å². The van der Waals surface area contributed by atoms with Crippen LogP contribution in [0.3, 0.4) is 0 Å². The number of fused-ring (bicyclic) bond motifs is 1. The Morgan fingerprint density at radius 3 is 2.73 bits per heavy atom. The Hall–Kier alpha value is -1.52. The van der Waals surface area contributed by atoms with Gasteiger partial charge in [-0.1, -0.05) is 29.8 Å². The summed E-state index contributed by atoms with van der Waals surface area (Å²) in [5.41, 5.74) is 2.16. The molecule has 1 heterocycles. The summed E-state index contributed by atoms with van der Waals surface area (Å²) in [5, 5.41) is 5.09. The van der Waals surface area contributed by atoms with Crippen molar-refractivity contribution in [3.63, 3.8) is 0 Å². The molecule has 0 amide bonds. The first-order valence-electron chi connectivity index (χ1n) is 7.06. The monoisotopic (exact) mass is 340 g/mol. The van der Waals surface area contributed by atoms with Gasteiger partial charge in [0.2, 0.25) is 0 Å². The summed E-state index contributed by atoms with van der Waals surface area (Å²) in [4.78, 5) is 0. The van der Waals surface area contributed by atoms with E-state index in [1.54, 1.807) is 6.92 Å². The van der Waals surface area contributed by atoms with Crippen molar-refractivity contribution in [3.8, 4) is 11.4 Å². The van der Waals surface area contributed by atoms with E-state index in [0.29, 0.717) is 16.7 Å². The van der Waals surface area contributed by atoms with Gasteiger partial charge in [0.1, 0.15) is 16.6 Å². The predicted octanol–water partition coefficient (Wildman–Crippen LogP) is 5.11. The molecule has 1 aromatic heterocycles. The van der Waals surface area contributed by atoms with Crippen LogP contribution in [0.1, 0.15) is 31.0 Å². The number of hydrogen-bond acceptors (Lipinski definition) is 2. The van der Waals surface area contributed by atoms with Crippen molar-refractivity contribution in [1.82, 2.24) is 9.78 Å². The second-order valence-electron chi connectivity index (χ2n) is 5.37. The van der Waals surface area contributed by atoms with Crippen molar-refractivity contribution in [1.29, 1.82) is 0 Å². The second kappa shape index (κ2) is 5.94. The van der Waals surface area contributed by atoms with Crippen LogP contribution in [-0.4, -0.2) is 9.78 Å². The lowest BCUT2D eigenvalue weighted by Crippen LogP contribution is -2.02. The van der Waals surface area contributed by atoms with Crippen LogP contribution >= 0.6 is 23.2 Å². The Bertz CT molecular complexity index is 755. The summed E-state index contributed by atoms with van der Waals surface area (Å²) >= 11 is 12.4. The Morgan fingerprint density at radius 2 is 2.05 bits per heavy atom. The number of benzene rings is 1. The highest BCUT2D eigenvalue weighted by atomic mass is 35.5. The highest BCUT2D eigenvalue weighted by molar-refractivity contribution is 6.32. The summed E-state index contributed by atoms with van der Waals surface area (Å²) < 4.78 is 21.2. The quantitative estimate of drug-likeness (QED) is 0.726. The second-order valence-corrected chi connectivity index (χ2v) is 6.14. The largest absolute Gasteiger partial charge is 0.461 e. The molecule has 1 aliphatic rings. The van der Waals surface area contributed by atoms with Crippen LogP contribution in [0.5, 0.6) is 5.75 Å². The molecule has 3 rings (SSSR count). The molecule has 0 bridgehead atoms. The molecule has 3 nitrogen and oxygen atoms in total. The molecule has 22 heavy (non-hydrogen) atoms. The third-order valence-corrected chi connectivity index (χ3v) is 4.29. The zero-order chi connectivity index (χ0) is 15.9.